The van der Waals surface area contributed by atoms with E-state index in [1.165, 1.54) is 0 Å². The van der Waals surface area contributed by atoms with Crippen molar-refractivity contribution >= 4 is 15.7 Å². The summed E-state index contributed by atoms with van der Waals surface area (Å²) in [4.78, 5) is 0. The van der Waals surface area contributed by atoms with Crippen LogP contribution in [0.1, 0.15) is 20.8 Å². The van der Waals surface area contributed by atoms with E-state index in [1.54, 1.807) is 24.3 Å². The number of sulfonamides is 1. The first-order valence-corrected chi connectivity index (χ1v) is 7.47. The monoisotopic (exact) mass is 282 g/mol. The highest BCUT2D eigenvalue weighted by Crippen LogP contribution is 2.21. The largest absolute Gasteiger partial charge is 0.479 e. The second-order valence-electron chi connectivity index (χ2n) is 5.40. The van der Waals surface area contributed by atoms with Gasteiger partial charge in [-0.2, -0.15) is 5.26 Å². The predicted octanol–water partition coefficient (Wildman–Crippen LogP) is 2.38. The van der Waals surface area contributed by atoms with Crippen molar-refractivity contribution in [1.82, 2.24) is 0 Å². The Balaban J connectivity index is 2.80. The van der Waals surface area contributed by atoms with E-state index in [2.05, 4.69) is 4.72 Å². The molecule has 5 nitrogen and oxygen atoms in total. The summed E-state index contributed by atoms with van der Waals surface area (Å²) in [5.41, 5.74) is 0.112. The van der Waals surface area contributed by atoms with E-state index in [1.807, 2.05) is 26.8 Å². The standard InChI is InChI=1S/C13H18N2O3S/c1-13(2,3)10-19(16,17)15-11-5-4-6-12(9-11)18-8-7-14/h4-6,9,15H,8,10H2,1-3H3. The number of hydrogen-bond acceptors (Lipinski definition) is 4. The Morgan fingerprint density at radius 3 is 2.63 bits per heavy atom. The maximum atomic E-state index is 11.9. The van der Waals surface area contributed by atoms with Crippen LogP contribution in [0.5, 0.6) is 5.75 Å². The van der Waals surface area contributed by atoms with Crippen LogP contribution in [0.25, 0.3) is 0 Å². The molecule has 0 bridgehead atoms. The van der Waals surface area contributed by atoms with Gasteiger partial charge in [-0.25, -0.2) is 8.42 Å². The summed E-state index contributed by atoms with van der Waals surface area (Å²) in [5, 5.41) is 8.42. The average molecular weight is 282 g/mol. The molecule has 0 radical (unpaired) electrons. The van der Waals surface area contributed by atoms with Crippen LogP contribution in [-0.2, 0) is 10.0 Å². The van der Waals surface area contributed by atoms with Crippen molar-refractivity contribution in [1.29, 1.82) is 5.26 Å². The van der Waals surface area contributed by atoms with Gasteiger partial charge in [-0.05, 0) is 17.5 Å². The fourth-order valence-electron chi connectivity index (χ4n) is 1.55. The van der Waals surface area contributed by atoms with Crippen LogP contribution in [-0.4, -0.2) is 20.8 Å². The Bertz CT molecular complexity index is 568. The van der Waals surface area contributed by atoms with Crippen LogP contribution in [0.4, 0.5) is 5.69 Å². The van der Waals surface area contributed by atoms with Gasteiger partial charge in [0.05, 0.1) is 11.4 Å². The van der Waals surface area contributed by atoms with Gasteiger partial charge in [0.15, 0.2) is 6.61 Å². The molecule has 6 heteroatoms. The molecule has 0 saturated carbocycles. The third-order valence-corrected chi connectivity index (χ3v) is 3.83. The lowest BCUT2D eigenvalue weighted by molar-refractivity contribution is 0.368. The molecule has 0 atom stereocenters. The summed E-state index contributed by atoms with van der Waals surface area (Å²) in [6.45, 7) is 5.51. The van der Waals surface area contributed by atoms with Crippen LogP contribution in [0.3, 0.4) is 0 Å². The minimum atomic E-state index is -3.40. The van der Waals surface area contributed by atoms with Crippen LogP contribution < -0.4 is 9.46 Å². The summed E-state index contributed by atoms with van der Waals surface area (Å²) in [7, 11) is -3.40. The minimum absolute atomic E-state index is 0.0310. The van der Waals surface area contributed by atoms with E-state index < -0.39 is 10.0 Å². The molecule has 0 fully saturated rings. The Morgan fingerprint density at radius 2 is 2.05 bits per heavy atom. The molecular formula is C13H18N2O3S. The molecule has 19 heavy (non-hydrogen) atoms. The van der Waals surface area contributed by atoms with Crippen molar-refractivity contribution in [3.63, 3.8) is 0 Å². The third kappa shape index (κ3) is 6.11. The van der Waals surface area contributed by atoms with E-state index in [0.29, 0.717) is 11.4 Å². The van der Waals surface area contributed by atoms with Crippen molar-refractivity contribution in [3.05, 3.63) is 24.3 Å². The number of nitrogens with one attached hydrogen (secondary N) is 1. The molecule has 0 saturated heterocycles. The van der Waals surface area contributed by atoms with Gasteiger partial charge >= 0.3 is 0 Å². The molecule has 0 aromatic heterocycles. The zero-order valence-electron chi connectivity index (χ0n) is 11.3. The van der Waals surface area contributed by atoms with E-state index in [-0.39, 0.29) is 17.8 Å². The number of ether oxygens (including phenoxy) is 1. The van der Waals surface area contributed by atoms with Crippen LogP contribution in [0, 0.1) is 16.7 Å². The highest BCUT2D eigenvalue weighted by molar-refractivity contribution is 7.92. The number of rotatable bonds is 5. The molecule has 104 valence electrons. The molecule has 0 spiro atoms. The number of hydrogen-bond donors (Lipinski definition) is 1. The van der Waals surface area contributed by atoms with Crippen molar-refractivity contribution in [2.45, 2.75) is 20.8 Å². The highest BCUT2D eigenvalue weighted by Gasteiger charge is 2.21. The fraction of sp³-hybridized carbons (Fsp3) is 0.462. The topological polar surface area (TPSA) is 79.2 Å². The van der Waals surface area contributed by atoms with Crippen LogP contribution in [0.2, 0.25) is 0 Å². The molecule has 0 heterocycles. The Kier molecular flexibility index (Phi) is 4.78. The molecule has 0 aliphatic rings. The zero-order chi connectivity index (χ0) is 14.5. The predicted molar refractivity (Wildman–Crippen MR) is 74.4 cm³/mol. The average Bonchev–Trinajstić information content (AvgIpc) is 2.22. The molecule has 0 unspecified atom stereocenters. The fourth-order valence-corrected chi connectivity index (χ4v) is 3.25. The third-order valence-electron chi connectivity index (χ3n) is 2.03. The SMILES string of the molecule is CC(C)(C)CS(=O)(=O)Nc1cccc(OCC#N)c1. The Hall–Kier alpha value is -1.74. The van der Waals surface area contributed by atoms with Crippen LogP contribution in [0.15, 0.2) is 24.3 Å². The Morgan fingerprint density at radius 1 is 1.37 bits per heavy atom. The quantitative estimate of drug-likeness (QED) is 0.899. The lowest BCUT2D eigenvalue weighted by Gasteiger charge is -2.18. The molecule has 0 amide bonds. The smallest absolute Gasteiger partial charge is 0.233 e. The highest BCUT2D eigenvalue weighted by atomic mass is 32.2. The maximum Gasteiger partial charge on any atom is 0.233 e. The molecule has 1 N–H and O–H groups in total. The maximum absolute atomic E-state index is 11.9. The van der Waals surface area contributed by atoms with Gasteiger partial charge in [0, 0.05) is 6.07 Å². The lowest BCUT2D eigenvalue weighted by Crippen LogP contribution is -2.26. The van der Waals surface area contributed by atoms with Gasteiger partial charge in [-0.1, -0.05) is 26.8 Å². The molecule has 0 aliphatic carbocycles. The summed E-state index contributed by atoms with van der Waals surface area (Å²) < 4.78 is 31.5. The molecule has 1 rings (SSSR count). The first-order chi connectivity index (χ1) is 8.72. The zero-order valence-corrected chi connectivity index (χ0v) is 12.1. The van der Waals surface area contributed by atoms with E-state index in [0.717, 1.165) is 0 Å². The first-order valence-electron chi connectivity index (χ1n) is 5.82. The molecule has 0 aliphatic heterocycles. The minimum Gasteiger partial charge on any atom is -0.479 e. The van der Waals surface area contributed by atoms with Crippen molar-refractivity contribution in [2.24, 2.45) is 5.41 Å². The number of nitriles is 1. The lowest BCUT2D eigenvalue weighted by atomic mass is 10.0. The summed E-state index contributed by atoms with van der Waals surface area (Å²) in [6.07, 6.45) is 0. The van der Waals surface area contributed by atoms with Gasteiger partial charge in [-0.3, -0.25) is 4.72 Å². The first kappa shape index (κ1) is 15.3. The van der Waals surface area contributed by atoms with Crippen molar-refractivity contribution in [3.8, 4) is 11.8 Å². The van der Waals surface area contributed by atoms with Crippen molar-refractivity contribution < 1.29 is 13.2 Å². The van der Waals surface area contributed by atoms with Gasteiger partial charge in [0.25, 0.3) is 0 Å². The van der Waals surface area contributed by atoms with Crippen LogP contribution >= 0.6 is 0 Å². The van der Waals surface area contributed by atoms with E-state index >= 15 is 0 Å². The normalized spacial score (nSPS) is 11.7. The van der Waals surface area contributed by atoms with E-state index in [4.69, 9.17) is 10.00 Å². The van der Waals surface area contributed by atoms with Gasteiger partial charge in [-0.15, -0.1) is 0 Å². The second kappa shape index (κ2) is 5.93. The van der Waals surface area contributed by atoms with E-state index in [9.17, 15) is 8.42 Å². The van der Waals surface area contributed by atoms with Gasteiger partial charge < -0.3 is 4.74 Å². The second-order valence-corrected chi connectivity index (χ2v) is 7.12. The van der Waals surface area contributed by atoms with Gasteiger partial charge in [0.2, 0.25) is 10.0 Å². The molecular weight excluding hydrogens is 264 g/mol. The summed E-state index contributed by atoms with van der Waals surface area (Å²) in [5.74, 6) is 0.487. The molecule has 1 aromatic rings. The van der Waals surface area contributed by atoms with Crippen molar-refractivity contribution in [2.75, 3.05) is 17.1 Å². The number of nitrogens with zero attached hydrogens (tertiary/aromatic N) is 1. The Labute approximate surface area is 114 Å². The summed E-state index contributed by atoms with van der Waals surface area (Å²) >= 11 is 0. The number of benzene rings is 1. The number of anilines is 1. The van der Waals surface area contributed by atoms with Gasteiger partial charge in [0.1, 0.15) is 11.8 Å². The summed E-state index contributed by atoms with van der Waals surface area (Å²) in [6, 6.07) is 8.38. The molecule has 1 aromatic carbocycles.